The fraction of sp³-hybridized carbons (Fsp3) is 0.375. The Kier molecular flexibility index (Phi) is 3.75. The Morgan fingerprint density at radius 3 is 2.61 bits per heavy atom. The van der Waals surface area contributed by atoms with Crippen LogP contribution in [-0.2, 0) is 11.8 Å². The van der Waals surface area contributed by atoms with Gasteiger partial charge in [-0.3, -0.25) is 18.6 Å². The highest BCUT2D eigenvalue weighted by Crippen LogP contribution is 2.24. The molecule has 0 atom stereocenters. The first-order chi connectivity index (χ1) is 10.8. The average molecular weight is 330 g/mol. The van der Waals surface area contributed by atoms with Crippen LogP contribution in [0.2, 0.25) is 0 Å². The van der Waals surface area contributed by atoms with Gasteiger partial charge in [-0.2, -0.15) is 0 Å². The average Bonchev–Trinajstić information content (AvgIpc) is 2.93. The van der Waals surface area contributed by atoms with Gasteiger partial charge in [0.15, 0.2) is 5.16 Å². The molecule has 3 rings (SSSR count). The van der Waals surface area contributed by atoms with Gasteiger partial charge in [-0.1, -0.05) is 44.7 Å². The molecule has 6 nitrogen and oxygen atoms in total. The minimum Gasteiger partial charge on any atom is -0.298 e. The van der Waals surface area contributed by atoms with Crippen molar-refractivity contribution in [3.63, 3.8) is 0 Å². The highest BCUT2D eigenvalue weighted by atomic mass is 32.2. The topological polar surface area (TPSA) is 69.3 Å². The van der Waals surface area contributed by atoms with Crippen LogP contribution in [0.25, 0.3) is 16.7 Å². The van der Waals surface area contributed by atoms with Gasteiger partial charge < -0.3 is 0 Å². The number of fused-ring (bicyclic) bond motifs is 3. The molecule has 23 heavy (non-hydrogen) atoms. The van der Waals surface area contributed by atoms with Crippen LogP contribution in [0.1, 0.15) is 20.8 Å². The Morgan fingerprint density at radius 1 is 1.22 bits per heavy atom. The number of thioether (sulfide) groups is 1. The summed E-state index contributed by atoms with van der Waals surface area (Å²) in [4.78, 5) is 24.5. The summed E-state index contributed by atoms with van der Waals surface area (Å²) in [6.45, 7) is 5.70. The van der Waals surface area contributed by atoms with Gasteiger partial charge in [0, 0.05) is 12.5 Å². The maximum Gasteiger partial charge on any atom is 0.262 e. The molecule has 0 aliphatic carbocycles. The third-order valence-corrected chi connectivity index (χ3v) is 4.69. The van der Waals surface area contributed by atoms with E-state index in [4.69, 9.17) is 0 Å². The summed E-state index contributed by atoms with van der Waals surface area (Å²) in [6, 6.07) is 7.35. The van der Waals surface area contributed by atoms with Gasteiger partial charge in [0.2, 0.25) is 5.78 Å². The van der Waals surface area contributed by atoms with Gasteiger partial charge in [0.1, 0.15) is 5.78 Å². The predicted octanol–water partition coefficient (Wildman–Crippen LogP) is 2.29. The molecule has 0 aliphatic heterocycles. The van der Waals surface area contributed by atoms with Crippen molar-refractivity contribution < 1.29 is 4.79 Å². The molecule has 3 aromatic rings. The zero-order chi connectivity index (χ0) is 16.8. The number of Topliss-reactive ketones (excluding diaryl/α,β-unsaturated/α-hetero) is 1. The first-order valence-corrected chi connectivity index (χ1v) is 8.28. The van der Waals surface area contributed by atoms with Gasteiger partial charge in [0.25, 0.3) is 5.56 Å². The van der Waals surface area contributed by atoms with Gasteiger partial charge in [0.05, 0.1) is 16.7 Å². The highest BCUT2D eigenvalue weighted by Gasteiger charge is 2.22. The summed E-state index contributed by atoms with van der Waals surface area (Å²) >= 11 is 1.35. The molecule has 0 aliphatic rings. The molecule has 120 valence electrons. The number of carbonyl (C=O) groups is 1. The summed E-state index contributed by atoms with van der Waals surface area (Å²) < 4.78 is 3.31. The smallest absolute Gasteiger partial charge is 0.262 e. The van der Waals surface area contributed by atoms with E-state index in [-0.39, 0.29) is 16.8 Å². The number of aryl methyl sites for hydroxylation is 1. The summed E-state index contributed by atoms with van der Waals surface area (Å²) in [7, 11) is 1.67. The van der Waals surface area contributed by atoms with E-state index >= 15 is 0 Å². The zero-order valence-corrected chi connectivity index (χ0v) is 14.3. The van der Waals surface area contributed by atoms with E-state index in [1.165, 1.54) is 16.3 Å². The predicted molar refractivity (Wildman–Crippen MR) is 90.9 cm³/mol. The minimum absolute atomic E-state index is 0.109. The second kappa shape index (κ2) is 5.49. The standard InChI is InChI=1S/C16H18N4O2S/c1-16(2,3)12(21)9-23-15-18-17-14-19(4)13(22)10-7-5-6-8-11(10)20(14)15/h5-8H,9H2,1-4H3. The number of benzene rings is 1. The molecule has 0 amide bonds. The summed E-state index contributed by atoms with van der Waals surface area (Å²) in [6.07, 6.45) is 0. The lowest BCUT2D eigenvalue weighted by Crippen LogP contribution is -2.22. The Morgan fingerprint density at radius 2 is 1.91 bits per heavy atom. The molecule has 0 saturated heterocycles. The molecular weight excluding hydrogens is 312 g/mol. The van der Waals surface area contributed by atoms with Crippen LogP contribution in [0.4, 0.5) is 0 Å². The molecule has 0 saturated carbocycles. The van der Waals surface area contributed by atoms with E-state index in [0.717, 1.165) is 5.52 Å². The molecule has 2 heterocycles. The van der Waals surface area contributed by atoms with Crippen LogP contribution in [-0.4, -0.2) is 30.7 Å². The third kappa shape index (κ3) is 2.65. The van der Waals surface area contributed by atoms with Gasteiger partial charge >= 0.3 is 0 Å². The Balaban J connectivity index is 2.13. The number of nitrogens with zero attached hydrogens (tertiary/aromatic N) is 4. The molecule has 0 spiro atoms. The van der Waals surface area contributed by atoms with E-state index in [2.05, 4.69) is 10.2 Å². The van der Waals surface area contributed by atoms with Crippen LogP contribution < -0.4 is 5.56 Å². The maximum atomic E-state index is 12.4. The largest absolute Gasteiger partial charge is 0.298 e. The highest BCUT2D eigenvalue weighted by molar-refractivity contribution is 7.99. The normalized spacial score (nSPS) is 12.2. The number of aromatic nitrogens is 4. The summed E-state index contributed by atoms with van der Waals surface area (Å²) in [5.41, 5.74) is 0.256. The van der Waals surface area contributed by atoms with Gasteiger partial charge in [-0.25, -0.2) is 0 Å². The molecule has 0 bridgehead atoms. The lowest BCUT2D eigenvalue weighted by molar-refractivity contribution is -0.123. The number of hydrogen-bond acceptors (Lipinski definition) is 5. The first-order valence-electron chi connectivity index (χ1n) is 7.29. The van der Waals surface area contributed by atoms with Gasteiger partial charge in [-0.15, -0.1) is 10.2 Å². The lowest BCUT2D eigenvalue weighted by atomic mass is 9.92. The minimum atomic E-state index is -0.386. The van der Waals surface area contributed by atoms with Crippen molar-refractivity contribution in [1.29, 1.82) is 0 Å². The van der Waals surface area contributed by atoms with Crippen molar-refractivity contribution in [1.82, 2.24) is 19.2 Å². The maximum absolute atomic E-state index is 12.4. The van der Waals surface area contributed by atoms with Crippen molar-refractivity contribution in [2.24, 2.45) is 12.5 Å². The molecule has 0 fully saturated rings. The van der Waals surface area contributed by atoms with E-state index in [1.807, 2.05) is 43.4 Å². The van der Waals surface area contributed by atoms with Crippen molar-refractivity contribution >= 4 is 34.2 Å². The molecule has 2 aromatic heterocycles. The number of ketones is 1. The Labute approximate surface area is 137 Å². The lowest BCUT2D eigenvalue weighted by Gasteiger charge is -2.15. The van der Waals surface area contributed by atoms with E-state index in [0.29, 0.717) is 22.1 Å². The van der Waals surface area contributed by atoms with Crippen LogP contribution >= 0.6 is 11.8 Å². The van der Waals surface area contributed by atoms with Crippen molar-refractivity contribution in [2.45, 2.75) is 25.9 Å². The van der Waals surface area contributed by atoms with E-state index in [1.54, 1.807) is 13.1 Å². The van der Waals surface area contributed by atoms with Gasteiger partial charge in [-0.05, 0) is 12.1 Å². The second-order valence-electron chi connectivity index (χ2n) is 6.46. The SMILES string of the molecule is Cn1c(=O)c2ccccc2n2c(SCC(=O)C(C)(C)C)nnc12. The van der Waals surface area contributed by atoms with E-state index < -0.39 is 0 Å². The number of hydrogen-bond donors (Lipinski definition) is 0. The zero-order valence-electron chi connectivity index (χ0n) is 13.5. The van der Waals surface area contributed by atoms with Crippen molar-refractivity contribution in [3.8, 4) is 0 Å². The molecule has 0 radical (unpaired) electrons. The Hall–Kier alpha value is -2.15. The van der Waals surface area contributed by atoms with Crippen LogP contribution in [0.5, 0.6) is 0 Å². The first kappa shape index (κ1) is 15.7. The summed E-state index contributed by atoms with van der Waals surface area (Å²) in [5.74, 6) is 0.939. The summed E-state index contributed by atoms with van der Waals surface area (Å²) in [5, 5.41) is 9.50. The van der Waals surface area contributed by atoms with Crippen LogP contribution in [0.15, 0.2) is 34.2 Å². The fourth-order valence-electron chi connectivity index (χ4n) is 2.25. The third-order valence-electron chi connectivity index (χ3n) is 3.77. The molecule has 0 unspecified atom stereocenters. The van der Waals surface area contributed by atoms with E-state index in [9.17, 15) is 9.59 Å². The fourth-order valence-corrected chi connectivity index (χ4v) is 3.35. The van der Waals surface area contributed by atoms with Crippen LogP contribution in [0, 0.1) is 5.41 Å². The number of carbonyl (C=O) groups excluding carboxylic acids is 1. The quantitative estimate of drug-likeness (QED) is 0.689. The number of para-hydroxylation sites is 1. The molecule has 0 N–H and O–H groups in total. The second-order valence-corrected chi connectivity index (χ2v) is 7.40. The Bertz CT molecular complexity index is 966. The van der Waals surface area contributed by atoms with Crippen molar-refractivity contribution in [2.75, 3.05) is 5.75 Å². The molecular formula is C16H18N4O2S. The van der Waals surface area contributed by atoms with Crippen molar-refractivity contribution in [3.05, 3.63) is 34.6 Å². The molecule has 1 aromatic carbocycles. The van der Waals surface area contributed by atoms with Crippen LogP contribution in [0.3, 0.4) is 0 Å². The number of rotatable bonds is 3. The molecule has 7 heteroatoms. The monoisotopic (exact) mass is 330 g/mol.